The van der Waals surface area contributed by atoms with Gasteiger partial charge in [0.1, 0.15) is 0 Å². The van der Waals surface area contributed by atoms with Crippen molar-refractivity contribution in [3.05, 3.63) is 35.9 Å². The maximum Gasteiger partial charge on any atom is 0.169 e. The summed E-state index contributed by atoms with van der Waals surface area (Å²) in [7, 11) is 0. The molecular weight excluding hydrogens is 250 g/mol. The van der Waals surface area contributed by atoms with Gasteiger partial charge in [0, 0.05) is 36.7 Å². The number of rotatable bonds is 8. The van der Waals surface area contributed by atoms with E-state index in [1.54, 1.807) is 0 Å². The lowest BCUT2D eigenvalue weighted by Crippen LogP contribution is -2.43. The van der Waals surface area contributed by atoms with E-state index in [-0.39, 0.29) is 12.4 Å². The Bertz CT molecular complexity index is 412. The molecule has 0 radical (unpaired) electrons. The molecule has 3 nitrogen and oxygen atoms in total. The molecule has 0 amide bonds. The molecule has 0 bridgehead atoms. The highest BCUT2D eigenvalue weighted by atomic mass is 16.3. The van der Waals surface area contributed by atoms with Gasteiger partial charge in [-0.3, -0.25) is 9.69 Å². The number of carbonyl (C=O) groups is 1. The van der Waals surface area contributed by atoms with Crippen molar-refractivity contribution in [1.29, 1.82) is 0 Å². The molecule has 20 heavy (non-hydrogen) atoms. The van der Waals surface area contributed by atoms with Gasteiger partial charge in [-0.2, -0.15) is 0 Å². The molecule has 0 saturated heterocycles. The number of carbonyl (C=O) groups excluding carboxylic acids is 1. The molecule has 0 heterocycles. The molecule has 0 atom stereocenters. The number of nitrogens with zero attached hydrogens (tertiary/aromatic N) is 1. The zero-order valence-electron chi connectivity index (χ0n) is 13.1. The Kier molecular flexibility index (Phi) is 6.37. The fourth-order valence-electron chi connectivity index (χ4n) is 2.35. The third kappa shape index (κ3) is 4.73. The lowest BCUT2D eigenvalue weighted by atomic mass is 9.83. The van der Waals surface area contributed by atoms with Crippen molar-refractivity contribution in [2.75, 3.05) is 19.7 Å². The number of benzene rings is 1. The van der Waals surface area contributed by atoms with Crippen molar-refractivity contribution in [1.82, 2.24) is 4.90 Å². The summed E-state index contributed by atoms with van der Waals surface area (Å²) in [6.45, 7) is 9.96. The number of ketones is 1. The first-order valence-electron chi connectivity index (χ1n) is 7.33. The molecule has 1 aromatic rings. The summed E-state index contributed by atoms with van der Waals surface area (Å²) in [5.74, 6) is 0.174. The van der Waals surface area contributed by atoms with Crippen LogP contribution >= 0.6 is 0 Å². The van der Waals surface area contributed by atoms with Gasteiger partial charge in [-0.1, -0.05) is 44.2 Å². The summed E-state index contributed by atoms with van der Waals surface area (Å²) < 4.78 is 0. The Morgan fingerprint density at radius 2 is 1.85 bits per heavy atom. The van der Waals surface area contributed by atoms with E-state index in [1.807, 2.05) is 44.2 Å². The number of Topliss-reactive ketones (excluding diaryl/α,β-unsaturated/α-hetero) is 1. The van der Waals surface area contributed by atoms with Crippen LogP contribution in [0.3, 0.4) is 0 Å². The van der Waals surface area contributed by atoms with Gasteiger partial charge in [0.05, 0.1) is 0 Å². The van der Waals surface area contributed by atoms with Crippen LogP contribution in [0.2, 0.25) is 0 Å². The molecule has 1 aromatic carbocycles. The van der Waals surface area contributed by atoms with Crippen LogP contribution in [0.4, 0.5) is 0 Å². The highest BCUT2D eigenvalue weighted by Crippen LogP contribution is 2.24. The van der Waals surface area contributed by atoms with Gasteiger partial charge in [0.15, 0.2) is 5.78 Å². The molecule has 1 rings (SSSR count). The van der Waals surface area contributed by atoms with E-state index < -0.39 is 5.41 Å². The smallest absolute Gasteiger partial charge is 0.169 e. The van der Waals surface area contributed by atoms with Gasteiger partial charge in [0.25, 0.3) is 0 Å². The largest absolute Gasteiger partial charge is 0.396 e. The van der Waals surface area contributed by atoms with Crippen molar-refractivity contribution in [2.24, 2.45) is 5.41 Å². The average Bonchev–Trinajstić information content (AvgIpc) is 2.43. The molecule has 0 aromatic heterocycles. The Balaban J connectivity index is 2.78. The standard InChI is InChI=1S/C17H27NO2/c1-14(2)18(11-8-12-19)13-17(3,4)16(20)15-9-6-5-7-10-15/h5-7,9-10,14,19H,8,11-13H2,1-4H3. The second-order valence-electron chi connectivity index (χ2n) is 6.22. The lowest BCUT2D eigenvalue weighted by Gasteiger charge is -2.34. The van der Waals surface area contributed by atoms with Crippen LogP contribution < -0.4 is 0 Å². The van der Waals surface area contributed by atoms with E-state index in [9.17, 15) is 4.79 Å². The lowest BCUT2D eigenvalue weighted by molar-refractivity contribution is 0.0722. The quantitative estimate of drug-likeness (QED) is 0.743. The Labute approximate surface area is 122 Å². The predicted octanol–water partition coefficient (Wildman–Crippen LogP) is 2.99. The topological polar surface area (TPSA) is 40.5 Å². The van der Waals surface area contributed by atoms with Crippen molar-refractivity contribution in [2.45, 2.75) is 40.2 Å². The Hall–Kier alpha value is -1.19. The van der Waals surface area contributed by atoms with Crippen LogP contribution in [0.1, 0.15) is 44.5 Å². The molecule has 0 aliphatic carbocycles. The van der Waals surface area contributed by atoms with Crippen molar-refractivity contribution >= 4 is 5.78 Å². The van der Waals surface area contributed by atoms with E-state index in [2.05, 4.69) is 18.7 Å². The van der Waals surface area contributed by atoms with Gasteiger partial charge in [-0.25, -0.2) is 0 Å². The van der Waals surface area contributed by atoms with Gasteiger partial charge in [-0.05, 0) is 20.3 Å². The maximum absolute atomic E-state index is 12.6. The third-order valence-corrected chi connectivity index (χ3v) is 3.58. The van der Waals surface area contributed by atoms with Crippen LogP contribution in [0.5, 0.6) is 0 Å². The minimum atomic E-state index is -0.429. The summed E-state index contributed by atoms with van der Waals surface area (Å²) >= 11 is 0. The zero-order valence-corrected chi connectivity index (χ0v) is 13.1. The molecule has 0 unspecified atom stereocenters. The Morgan fingerprint density at radius 3 is 2.35 bits per heavy atom. The monoisotopic (exact) mass is 277 g/mol. The minimum absolute atomic E-state index is 0.174. The van der Waals surface area contributed by atoms with E-state index >= 15 is 0 Å². The fraction of sp³-hybridized carbons (Fsp3) is 0.588. The molecule has 0 fully saturated rings. The summed E-state index contributed by atoms with van der Waals surface area (Å²) in [6, 6.07) is 9.83. The number of aliphatic hydroxyl groups excluding tert-OH is 1. The second-order valence-corrected chi connectivity index (χ2v) is 6.22. The van der Waals surface area contributed by atoms with Crippen LogP contribution in [-0.4, -0.2) is 41.5 Å². The summed E-state index contributed by atoms with van der Waals surface area (Å²) in [4.78, 5) is 14.9. The second kappa shape index (κ2) is 7.55. The van der Waals surface area contributed by atoms with E-state index in [0.29, 0.717) is 12.6 Å². The first-order valence-corrected chi connectivity index (χ1v) is 7.33. The first kappa shape index (κ1) is 16.9. The van der Waals surface area contributed by atoms with Crippen molar-refractivity contribution in [3.8, 4) is 0 Å². The van der Waals surface area contributed by atoms with Crippen molar-refractivity contribution < 1.29 is 9.90 Å². The van der Waals surface area contributed by atoms with Gasteiger partial charge >= 0.3 is 0 Å². The van der Waals surface area contributed by atoms with Crippen LogP contribution in [0, 0.1) is 5.41 Å². The highest BCUT2D eigenvalue weighted by Gasteiger charge is 2.31. The molecular formula is C17H27NO2. The van der Waals surface area contributed by atoms with Crippen LogP contribution in [0.15, 0.2) is 30.3 Å². The molecule has 0 aliphatic heterocycles. The molecule has 1 N–H and O–H groups in total. The van der Waals surface area contributed by atoms with E-state index in [0.717, 1.165) is 18.5 Å². The summed E-state index contributed by atoms with van der Waals surface area (Å²) in [6.07, 6.45) is 0.744. The number of aliphatic hydroxyl groups is 1. The van der Waals surface area contributed by atoms with Crippen molar-refractivity contribution in [3.63, 3.8) is 0 Å². The SMILES string of the molecule is CC(C)N(CCCO)CC(C)(C)C(=O)c1ccccc1. The highest BCUT2D eigenvalue weighted by molar-refractivity contribution is 6.00. The molecule has 0 aliphatic rings. The maximum atomic E-state index is 12.6. The summed E-state index contributed by atoms with van der Waals surface area (Å²) in [5, 5.41) is 8.99. The fourth-order valence-corrected chi connectivity index (χ4v) is 2.35. The number of hydrogen-bond acceptors (Lipinski definition) is 3. The van der Waals surface area contributed by atoms with Gasteiger partial charge < -0.3 is 5.11 Å². The molecule has 0 saturated carbocycles. The van der Waals surface area contributed by atoms with Gasteiger partial charge in [-0.15, -0.1) is 0 Å². The Morgan fingerprint density at radius 1 is 1.25 bits per heavy atom. The van der Waals surface area contributed by atoms with E-state index in [4.69, 9.17) is 5.11 Å². The van der Waals surface area contributed by atoms with Gasteiger partial charge in [0.2, 0.25) is 0 Å². The normalized spacial score (nSPS) is 12.2. The first-order chi connectivity index (χ1) is 9.38. The molecule has 0 spiro atoms. The zero-order chi connectivity index (χ0) is 15.2. The molecule has 112 valence electrons. The third-order valence-electron chi connectivity index (χ3n) is 3.58. The van der Waals surface area contributed by atoms with Crippen LogP contribution in [0.25, 0.3) is 0 Å². The summed E-state index contributed by atoms with van der Waals surface area (Å²) in [5.41, 5.74) is 0.338. The van der Waals surface area contributed by atoms with E-state index in [1.165, 1.54) is 0 Å². The average molecular weight is 277 g/mol. The predicted molar refractivity (Wildman–Crippen MR) is 83.0 cm³/mol. The number of hydrogen-bond donors (Lipinski definition) is 1. The molecule has 3 heteroatoms. The van der Waals surface area contributed by atoms with Crippen LogP contribution in [-0.2, 0) is 0 Å². The minimum Gasteiger partial charge on any atom is -0.396 e.